The third kappa shape index (κ3) is 3.40. The lowest BCUT2D eigenvalue weighted by Crippen LogP contribution is -2.17. The van der Waals surface area contributed by atoms with Crippen molar-refractivity contribution in [2.24, 2.45) is 0 Å². The van der Waals surface area contributed by atoms with Gasteiger partial charge in [0.2, 0.25) is 0 Å². The molecular formula is C22H23N3O. The molecule has 1 aromatic heterocycles. The number of amides is 1. The number of benzene rings is 2. The summed E-state index contributed by atoms with van der Waals surface area (Å²) < 4.78 is 2.00. The zero-order valence-corrected chi connectivity index (χ0v) is 15.0. The van der Waals surface area contributed by atoms with Gasteiger partial charge in [-0.15, -0.1) is 0 Å². The van der Waals surface area contributed by atoms with E-state index in [2.05, 4.69) is 22.5 Å². The average Bonchev–Trinajstić information content (AvgIpc) is 3.32. The molecule has 4 nitrogen and oxygen atoms in total. The van der Waals surface area contributed by atoms with Crippen LogP contribution in [-0.4, -0.2) is 15.7 Å². The molecule has 1 heterocycles. The topological polar surface area (TPSA) is 46.9 Å². The maximum absolute atomic E-state index is 12.7. The molecule has 4 rings (SSSR count). The first-order chi connectivity index (χ1) is 12.7. The van der Waals surface area contributed by atoms with Gasteiger partial charge in [0.05, 0.1) is 11.7 Å². The first-order valence-electron chi connectivity index (χ1n) is 9.24. The summed E-state index contributed by atoms with van der Waals surface area (Å²) in [5, 5.41) is 7.64. The van der Waals surface area contributed by atoms with Crippen molar-refractivity contribution in [3.8, 4) is 11.1 Å². The van der Waals surface area contributed by atoms with Gasteiger partial charge < -0.3 is 5.32 Å². The van der Waals surface area contributed by atoms with Crippen LogP contribution in [0.2, 0.25) is 0 Å². The number of carbonyl (C=O) groups is 1. The quantitative estimate of drug-likeness (QED) is 0.704. The van der Waals surface area contributed by atoms with Crippen molar-refractivity contribution in [3.05, 3.63) is 71.9 Å². The summed E-state index contributed by atoms with van der Waals surface area (Å²) in [6, 6.07) is 20.3. The number of hydrogen-bond acceptors (Lipinski definition) is 2. The lowest BCUT2D eigenvalue weighted by molar-refractivity contribution is 0.102. The Labute approximate surface area is 153 Å². The second-order valence-corrected chi connectivity index (χ2v) is 6.95. The van der Waals surface area contributed by atoms with Crippen molar-refractivity contribution in [1.82, 2.24) is 9.78 Å². The SMILES string of the molecule is Cc1cc(NC(=O)c2ccc(-c3ccccc3)cc2)n(C2CCCC2)n1. The first-order valence-corrected chi connectivity index (χ1v) is 9.24. The Kier molecular flexibility index (Phi) is 4.57. The number of anilines is 1. The standard InChI is InChI=1S/C22H23N3O/c1-16-15-21(25(24-16)20-9-5-6-10-20)23-22(26)19-13-11-18(12-14-19)17-7-3-2-4-8-17/h2-4,7-8,11-15,20H,5-6,9-10H2,1H3,(H,23,26). The van der Waals surface area contributed by atoms with Crippen molar-refractivity contribution >= 4 is 11.7 Å². The molecule has 1 aliphatic carbocycles. The summed E-state index contributed by atoms with van der Waals surface area (Å²) in [6.07, 6.45) is 4.74. The van der Waals surface area contributed by atoms with Crippen LogP contribution >= 0.6 is 0 Å². The number of rotatable bonds is 4. The van der Waals surface area contributed by atoms with Crippen molar-refractivity contribution in [2.45, 2.75) is 38.6 Å². The Hall–Kier alpha value is -2.88. The Morgan fingerprint density at radius 1 is 1.00 bits per heavy atom. The van der Waals surface area contributed by atoms with E-state index in [-0.39, 0.29) is 5.91 Å². The van der Waals surface area contributed by atoms with Crippen LogP contribution in [0.3, 0.4) is 0 Å². The van der Waals surface area contributed by atoms with E-state index in [4.69, 9.17) is 0 Å². The number of carbonyl (C=O) groups excluding carboxylic acids is 1. The second-order valence-electron chi connectivity index (χ2n) is 6.95. The molecule has 26 heavy (non-hydrogen) atoms. The number of nitrogens with one attached hydrogen (secondary N) is 1. The van der Waals surface area contributed by atoms with E-state index >= 15 is 0 Å². The molecule has 0 spiro atoms. The van der Waals surface area contributed by atoms with E-state index in [1.807, 2.05) is 60.1 Å². The summed E-state index contributed by atoms with van der Waals surface area (Å²) >= 11 is 0. The Morgan fingerprint density at radius 3 is 2.35 bits per heavy atom. The van der Waals surface area contributed by atoms with Crippen molar-refractivity contribution < 1.29 is 4.79 Å². The minimum absolute atomic E-state index is 0.0937. The fourth-order valence-electron chi connectivity index (χ4n) is 3.67. The molecule has 0 aliphatic heterocycles. The predicted molar refractivity (Wildman–Crippen MR) is 104 cm³/mol. The third-order valence-corrected chi connectivity index (χ3v) is 5.02. The van der Waals surface area contributed by atoms with Crippen LogP contribution in [0.4, 0.5) is 5.82 Å². The van der Waals surface area contributed by atoms with E-state index in [1.54, 1.807) is 0 Å². The fraction of sp³-hybridized carbons (Fsp3) is 0.273. The molecule has 1 fully saturated rings. The highest BCUT2D eigenvalue weighted by atomic mass is 16.1. The van der Waals surface area contributed by atoms with E-state index in [0.717, 1.165) is 35.5 Å². The summed E-state index contributed by atoms with van der Waals surface area (Å²) in [4.78, 5) is 12.7. The molecule has 0 saturated heterocycles. The molecule has 0 unspecified atom stereocenters. The fourth-order valence-corrected chi connectivity index (χ4v) is 3.67. The van der Waals surface area contributed by atoms with Crippen LogP contribution in [0, 0.1) is 6.92 Å². The van der Waals surface area contributed by atoms with Gasteiger partial charge in [-0.25, -0.2) is 4.68 Å². The van der Waals surface area contributed by atoms with Crippen LogP contribution in [-0.2, 0) is 0 Å². The zero-order chi connectivity index (χ0) is 17.9. The maximum Gasteiger partial charge on any atom is 0.256 e. The number of aryl methyl sites for hydroxylation is 1. The minimum Gasteiger partial charge on any atom is -0.307 e. The molecule has 3 aromatic rings. The molecule has 132 valence electrons. The molecule has 0 atom stereocenters. The summed E-state index contributed by atoms with van der Waals surface area (Å²) in [6.45, 7) is 1.97. The van der Waals surface area contributed by atoms with E-state index in [0.29, 0.717) is 11.6 Å². The number of nitrogens with zero attached hydrogens (tertiary/aromatic N) is 2. The Balaban J connectivity index is 1.52. The summed E-state index contributed by atoms with van der Waals surface area (Å²) in [7, 11) is 0. The van der Waals surface area contributed by atoms with Gasteiger partial charge in [0.15, 0.2) is 0 Å². The lowest BCUT2D eigenvalue weighted by Gasteiger charge is -2.14. The van der Waals surface area contributed by atoms with Crippen molar-refractivity contribution in [2.75, 3.05) is 5.32 Å². The highest BCUT2D eigenvalue weighted by Crippen LogP contribution is 2.32. The third-order valence-electron chi connectivity index (χ3n) is 5.02. The van der Waals surface area contributed by atoms with Crippen LogP contribution in [0.25, 0.3) is 11.1 Å². The van der Waals surface area contributed by atoms with Gasteiger partial charge >= 0.3 is 0 Å². The van der Waals surface area contributed by atoms with Crippen LogP contribution < -0.4 is 5.32 Å². The zero-order valence-electron chi connectivity index (χ0n) is 15.0. The molecule has 1 saturated carbocycles. The monoisotopic (exact) mass is 345 g/mol. The van der Waals surface area contributed by atoms with Crippen LogP contribution in [0.1, 0.15) is 47.8 Å². The normalized spacial score (nSPS) is 14.5. The van der Waals surface area contributed by atoms with Gasteiger partial charge in [0.25, 0.3) is 5.91 Å². The largest absolute Gasteiger partial charge is 0.307 e. The van der Waals surface area contributed by atoms with Gasteiger partial charge in [-0.05, 0) is 43.0 Å². The first kappa shape index (κ1) is 16.6. The smallest absolute Gasteiger partial charge is 0.256 e. The van der Waals surface area contributed by atoms with Gasteiger partial charge in [0.1, 0.15) is 5.82 Å². The number of aromatic nitrogens is 2. The Bertz CT molecular complexity index is 891. The molecular weight excluding hydrogens is 322 g/mol. The predicted octanol–water partition coefficient (Wildman–Crippen LogP) is 5.23. The summed E-state index contributed by atoms with van der Waals surface area (Å²) in [5.74, 6) is 0.704. The van der Waals surface area contributed by atoms with Gasteiger partial charge in [-0.1, -0.05) is 55.3 Å². The van der Waals surface area contributed by atoms with Gasteiger partial charge in [0, 0.05) is 11.6 Å². The van der Waals surface area contributed by atoms with E-state index in [9.17, 15) is 4.79 Å². The van der Waals surface area contributed by atoms with E-state index < -0.39 is 0 Å². The molecule has 0 radical (unpaired) electrons. The number of hydrogen-bond donors (Lipinski definition) is 1. The molecule has 1 amide bonds. The minimum atomic E-state index is -0.0937. The van der Waals surface area contributed by atoms with Crippen LogP contribution in [0.5, 0.6) is 0 Å². The Morgan fingerprint density at radius 2 is 1.65 bits per heavy atom. The van der Waals surface area contributed by atoms with E-state index in [1.165, 1.54) is 12.8 Å². The highest BCUT2D eigenvalue weighted by molar-refractivity contribution is 6.04. The molecule has 4 heteroatoms. The highest BCUT2D eigenvalue weighted by Gasteiger charge is 2.21. The summed E-state index contributed by atoms with van der Waals surface area (Å²) in [5.41, 5.74) is 3.84. The lowest BCUT2D eigenvalue weighted by atomic mass is 10.0. The van der Waals surface area contributed by atoms with Crippen LogP contribution in [0.15, 0.2) is 60.7 Å². The molecule has 1 N–H and O–H groups in total. The molecule has 0 bridgehead atoms. The average molecular weight is 345 g/mol. The van der Waals surface area contributed by atoms with Crippen molar-refractivity contribution in [3.63, 3.8) is 0 Å². The second kappa shape index (κ2) is 7.16. The molecule has 1 aliphatic rings. The molecule has 2 aromatic carbocycles. The maximum atomic E-state index is 12.7. The van der Waals surface area contributed by atoms with Crippen molar-refractivity contribution in [1.29, 1.82) is 0 Å². The van der Waals surface area contributed by atoms with Gasteiger partial charge in [-0.3, -0.25) is 4.79 Å². The van der Waals surface area contributed by atoms with Gasteiger partial charge in [-0.2, -0.15) is 5.10 Å².